The minimum atomic E-state index is -0.370. The first-order chi connectivity index (χ1) is 10.1. The second kappa shape index (κ2) is 6.04. The Labute approximate surface area is 128 Å². The van der Waals surface area contributed by atoms with Gasteiger partial charge in [0.05, 0.1) is 5.02 Å². The molecule has 1 saturated carbocycles. The largest absolute Gasteiger partial charge is 0.456 e. The molecule has 2 aromatic carbocycles. The summed E-state index contributed by atoms with van der Waals surface area (Å²) in [7, 11) is 0. The van der Waals surface area contributed by atoms with Gasteiger partial charge in [-0.1, -0.05) is 17.7 Å². The molecule has 1 fully saturated rings. The molecule has 3 rings (SSSR count). The maximum Gasteiger partial charge on any atom is 0.146 e. The van der Waals surface area contributed by atoms with Gasteiger partial charge in [0.25, 0.3) is 0 Å². The molecule has 4 heteroatoms. The van der Waals surface area contributed by atoms with Crippen LogP contribution in [0.4, 0.5) is 4.39 Å². The summed E-state index contributed by atoms with van der Waals surface area (Å²) in [6.45, 7) is 2.94. The number of ether oxygens (including phenoxy) is 1. The van der Waals surface area contributed by atoms with Crippen molar-refractivity contribution in [3.63, 3.8) is 0 Å². The number of aryl methyl sites for hydroxylation is 1. The topological polar surface area (TPSA) is 21.3 Å². The van der Waals surface area contributed by atoms with Gasteiger partial charge in [-0.2, -0.15) is 0 Å². The van der Waals surface area contributed by atoms with Crippen molar-refractivity contribution in [2.24, 2.45) is 0 Å². The average molecular weight is 306 g/mol. The maximum absolute atomic E-state index is 13.0. The van der Waals surface area contributed by atoms with Crippen LogP contribution in [-0.4, -0.2) is 6.04 Å². The standard InChI is InChI=1S/C17H17ClFNO/c1-11-8-15(6-2-12(11)10-20-14-4-5-14)21-17-7-3-13(19)9-16(17)18/h2-3,6-9,14,20H,4-5,10H2,1H3. The van der Waals surface area contributed by atoms with Crippen LogP contribution in [0.5, 0.6) is 11.5 Å². The summed E-state index contributed by atoms with van der Waals surface area (Å²) >= 11 is 5.97. The number of rotatable bonds is 5. The molecule has 1 aliphatic carbocycles. The predicted octanol–water partition coefficient (Wildman–Crippen LogP) is 4.83. The van der Waals surface area contributed by atoms with E-state index in [4.69, 9.17) is 16.3 Å². The van der Waals surface area contributed by atoms with Crippen LogP contribution >= 0.6 is 11.6 Å². The Kier molecular flexibility index (Phi) is 4.13. The van der Waals surface area contributed by atoms with E-state index in [2.05, 4.69) is 18.3 Å². The minimum absolute atomic E-state index is 0.270. The molecular formula is C17H17ClFNO. The molecule has 1 aliphatic rings. The van der Waals surface area contributed by atoms with Crippen LogP contribution in [0.15, 0.2) is 36.4 Å². The zero-order valence-corrected chi connectivity index (χ0v) is 12.6. The van der Waals surface area contributed by atoms with Crippen molar-refractivity contribution in [1.29, 1.82) is 0 Å². The number of hydrogen-bond acceptors (Lipinski definition) is 2. The van der Waals surface area contributed by atoms with E-state index in [1.807, 2.05) is 12.1 Å². The van der Waals surface area contributed by atoms with Crippen LogP contribution in [0.2, 0.25) is 5.02 Å². The smallest absolute Gasteiger partial charge is 0.146 e. The molecular weight excluding hydrogens is 289 g/mol. The quantitative estimate of drug-likeness (QED) is 0.854. The van der Waals surface area contributed by atoms with Crippen molar-refractivity contribution in [2.75, 3.05) is 0 Å². The van der Waals surface area contributed by atoms with Crippen LogP contribution < -0.4 is 10.1 Å². The van der Waals surface area contributed by atoms with E-state index in [9.17, 15) is 4.39 Å². The molecule has 0 aliphatic heterocycles. The monoisotopic (exact) mass is 305 g/mol. The van der Waals surface area contributed by atoms with Crippen molar-refractivity contribution in [1.82, 2.24) is 5.32 Å². The van der Waals surface area contributed by atoms with E-state index in [-0.39, 0.29) is 10.8 Å². The molecule has 1 N–H and O–H groups in total. The van der Waals surface area contributed by atoms with Gasteiger partial charge >= 0.3 is 0 Å². The minimum Gasteiger partial charge on any atom is -0.456 e. The molecule has 2 aromatic rings. The summed E-state index contributed by atoms with van der Waals surface area (Å²) in [6, 6.07) is 10.8. The highest BCUT2D eigenvalue weighted by Gasteiger charge is 2.20. The van der Waals surface area contributed by atoms with Crippen LogP contribution in [0.25, 0.3) is 0 Å². The lowest BCUT2D eigenvalue weighted by atomic mass is 10.1. The summed E-state index contributed by atoms with van der Waals surface area (Å²) < 4.78 is 18.7. The fourth-order valence-corrected chi connectivity index (χ4v) is 2.36. The van der Waals surface area contributed by atoms with Crippen LogP contribution in [-0.2, 0) is 6.54 Å². The molecule has 0 bridgehead atoms. The lowest BCUT2D eigenvalue weighted by Crippen LogP contribution is -2.15. The molecule has 110 valence electrons. The van der Waals surface area contributed by atoms with Gasteiger partial charge in [0.15, 0.2) is 0 Å². The van der Waals surface area contributed by atoms with Crippen molar-refractivity contribution in [2.45, 2.75) is 32.4 Å². The van der Waals surface area contributed by atoms with E-state index >= 15 is 0 Å². The Hall–Kier alpha value is -1.58. The van der Waals surface area contributed by atoms with Crippen LogP contribution in [0.3, 0.4) is 0 Å². The maximum atomic E-state index is 13.0. The van der Waals surface area contributed by atoms with Gasteiger partial charge in [-0.15, -0.1) is 0 Å². The second-order valence-corrected chi connectivity index (χ2v) is 5.83. The third kappa shape index (κ3) is 3.74. The van der Waals surface area contributed by atoms with Crippen LogP contribution in [0.1, 0.15) is 24.0 Å². The molecule has 0 spiro atoms. The summed E-state index contributed by atoms with van der Waals surface area (Å²) in [4.78, 5) is 0. The first kappa shape index (κ1) is 14.4. The first-order valence-electron chi connectivity index (χ1n) is 7.07. The van der Waals surface area contributed by atoms with E-state index < -0.39 is 0 Å². The fourth-order valence-electron chi connectivity index (χ4n) is 2.16. The highest BCUT2D eigenvalue weighted by molar-refractivity contribution is 6.32. The lowest BCUT2D eigenvalue weighted by molar-refractivity contribution is 0.480. The third-order valence-corrected chi connectivity index (χ3v) is 3.89. The van der Waals surface area contributed by atoms with E-state index in [0.717, 1.165) is 6.54 Å². The highest BCUT2D eigenvalue weighted by Crippen LogP contribution is 2.31. The zero-order chi connectivity index (χ0) is 14.8. The summed E-state index contributed by atoms with van der Waals surface area (Å²) in [5.74, 6) is 0.794. The lowest BCUT2D eigenvalue weighted by Gasteiger charge is -2.11. The van der Waals surface area contributed by atoms with Crippen molar-refractivity contribution in [3.8, 4) is 11.5 Å². The van der Waals surface area contributed by atoms with Crippen molar-refractivity contribution < 1.29 is 9.13 Å². The average Bonchev–Trinajstić information content (AvgIpc) is 3.25. The molecule has 0 saturated heterocycles. The Morgan fingerprint density at radius 3 is 2.71 bits per heavy atom. The first-order valence-corrected chi connectivity index (χ1v) is 7.45. The summed E-state index contributed by atoms with van der Waals surface area (Å²) in [6.07, 6.45) is 2.56. The molecule has 0 unspecified atom stereocenters. The molecule has 0 radical (unpaired) electrons. The van der Waals surface area contributed by atoms with Gasteiger partial charge in [-0.3, -0.25) is 0 Å². The predicted molar refractivity (Wildman–Crippen MR) is 82.5 cm³/mol. The second-order valence-electron chi connectivity index (χ2n) is 5.42. The summed E-state index contributed by atoms with van der Waals surface area (Å²) in [5.41, 5.74) is 2.43. The molecule has 0 heterocycles. The third-order valence-electron chi connectivity index (χ3n) is 3.59. The Balaban J connectivity index is 1.71. The Morgan fingerprint density at radius 2 is 2.05 bits per heavy atom. The molecule has 2 nitrogen and oxygen atoms in total. The zero-order valence-electron chi connectivity index (χ0n) is 11.8. The SMILES string of the molecule is Cc1cc(Oc2ccc(F)cc2Cl)ccc1CNC1CC1. The van der Waals surface area contributed by atoms with E-state index in [0.29, 0.717) is 17.5 Å². The number of nitrogens with one attached hydrogen (secondary N) is 1. The Morgan fingerprint density at radius 1 is 1.24 bits per heavy atom. The van der Waals surface area contributed by atoms with E-state index in [1.54, 1.807) is 0 Å². The molecule has 0 amide bonds. The van der Waals surface area contributed by atoms with Crippen LogP contribution in [0, 0.1) is 12.7 Å². The number of benzene rings is 2. The highest BCUT2D eigenvalue weighted by atomic mass is 35.5. The van der Waals surface area contributed by atoms with Gasteiger partial charge in [0.2, 0.25) is 0 Å². The molecule has 21 heavy (non-hydrogen) atoms. The van der Waals surface area contributed by atoms with Crippen molar-refractivity contribution in [3.05, 3.63) is 58.4 Å². The number of halogens is 2. The normalized spacial score (nSPS) is 14.2. The summed E-state index contributed by atoms with van der Waals surface area (Å²) in [5, 5.41) is 3.77. The van der Waals surface area contributed by atoms with E-state index in [1.165, 1.54) is 42.2 Å². The molecule has 0 aromatic heterocycles. The fraction of sp³-hybridized carbons (Fsp3) is 0.294. The van der Waals surface area contributed by atoms with Crippen molar-refractivity contribution >= 4 is 11.6 Å². The van der Waals surface area contributed by atoms with Gasteiger partial charge in [0.1, 0.15) is 17.3 Å². The van der Waals surface area contributed by atoms with Gasteiger partial charge in [0, 0.05) is 12.6 Å². The number of hydrogen-bond donors (Lipinski definition) is 1. The van der Waals surface area contributed by atoms with Gasteiger partial charge < -0.3 is 10.1 Å². The molecule has 0 atom stereocenters. The van der Waals surface area contributed by atoms with Gasteiger partial charge in [-0.05, 0) is 61.2 Å². The Bertz CT molecular complexity index is 655. The van der Waals surface area contributed by atoms with Gasteiger partial charge in [-0.25, -0.2) is 4.39 Å².